The molecule has 3 aliphatic heterocycles. The average Bonchev–Trinajstić information content (AvgIpc) is 2.85. The van der Waals surface area contributed by atoms with Crippen molar-refractivity contribution < 1.29 is 63.2 Å². The lowest BCUT2D eigenvalue weighted by Gasteiger charge is -2.48. The topological polar surface area (TPSA) is 180 Å². The zero-order valence-corrected chi connectivity index (χ0v) is 19.6. The van der Waals surface area contributed by atoms with Crippen LogP contribution < -0.4 is 0 Å². The number of carbonyl (C=O) groups is 2. The summed E-state index contributed by atoms with van der Waals surface area (Å²) < 4.78 is 38.4. The molecule has 0 aromatic heterocycles. The van der Waals surface area contributed by atoms with Gasteiger partial charge < -0.3 is 53.6 Å². The van der Waals surface area contributed by atoms with E-state index >= 15 is 0 Å². The van der Waals surface area contributed by atoms with Gasteiger partial charge in [-0.2, -0.15) is 0 Å². The van der Waals surface area contributed by atoms with E-state index in [1.54, 1.807) is 12.1 Å². The summed E-state index contributed by atoms with van der Waals surface area (Å²) in [7, 11) is 0. The number of esters is 2. The monoisotopic (exact) mass is 514 g/mol. The van der Waals surface area contributed by atoms with Crippen molar-refractivity contribution in [3.05, 3.63) is 35.9 Å². The van der Waals surface area contributed by atoms with E-state index in [1.807, 2.05) is 18.2 Å². The van der Waals surface area contributed by atoms with Crippen LogP contribution in [-0.4, -0.2) is 107 Å². The lowest BCUT2D eigenvalue weighted by Crippen LogP contribution is -2.66. The molecule has 36 heavy (non-hydrogen) atoms. The van der Waals surface area contributed by atoms with Crippen molar-refractivity contribution >= 4 is 11.9 Å². The standard InChI is InChI=1S/C23H30O13/c1-10(24)30-8-13-20(15(26)17(28)22(33-13)32-11(2)25)36-23-18(29)16(27)19-14(34-23)9-31-21(35-19)12-6-4-3-5-7-12/h3-7,13-23,26-29H,8-9H2,1-2H3. The summed E-state index contributed by atoms with van der Waals surface area (Å²) in [4.78, 5) is 22.7. The number of fused-ring (bicyclic) bond motifs is 1. The summed E-state index contributed by atoms with van der Waals surface area (Å²) in [5.74, 6) is -1.43. The summed E-state index contributed by atoms with van der Waals surface area (Å²) in [6, 6.07) is 9.05. The van der Waals surface area contributed by atoms with Crippen molar-refractivity contribution in [3.63, 3.8) is 0 Å². The van der Waals surface area contributed by atoms with Gasteiger partial charge in [0.15, 0.2) is 12.6 Å². The predicted octanol–water partition coefficient (Wildman–Crippen LogP) is -1.49. The molecule has 11 atom stereocenters. The summed E-state index contributed by atoms with van der Waals surface area (Å²) in [5, 5.41) is 42.6. The van der Waals surface area contributed by atoms with Gasteiger partial charge in [-0.05, 0) is 0 Å². The summed E-state index contributed by atoms with van der Waals surface area (Å²) in [6.07, 6.45) is -14.7. The Morgan fingerprint density at radius 3 is 2.25 bits per heavy atom. The van der Waals surface area contributed by atoms with Crippen LogP contribution in [0.4, 0.5) is 0 Å². The molecular weight excluding hydrogens is 484 g/mol. The molecule has 11 unspecified atom stereocenters. The van der Waals surface area contributed by atoms with Crippen LogP contribution in [0.2, 0.25) is 0 Å². The zero-order valence-electron chi connectivity index (χ0n) is 19.6. The number of ether oxygens (including phenoxy) is 7. The van der Waals surface area contributed by atoms with Gasteiger partial charge in [-0.25, -0.2) is 0 Å². The van der Waals surface area contributed by atoms with Crippen molar-refractivity contribution in [2.24, 2.45) is 0 Å². The van der Waals surface area contributed by atoms with Gasteiger partial charge in [0.1, 0.15) is 55.4 Å². The molecule has 3 aliphatic rings. The van der Waals surface area contributed by atoms with Crippen LogP contribution in [0.1, 0.15) is 25.7 Å². The zero-order chi connectivity index (χ0) is 26.0. The van der Waals surface area contributed by atoms with Crippen LogP contribution in [0.5, 0.6) is 0 Å². The normalized spacial score (nSPS) is 40.7. The average molecular weight is 514 g/mol. The fraction of sp³-hybridized carbons (Fsp3) is 0.652. The lowest BCUT2D eigenvalue weighted by atomic mass is 9.96. The number of aliphatic hydroxyl groups excluding tert-OH is 4. The van der Waals surface area contributed by atoms with Gasteiger partial charge in [0.2, 0.25) is 6.29 Å². The molecule has 4 rings (SSSR count). The van der Waals surface area contributed by atoms with Crippen molar-refractivity contribution in [1.82, 2.24) is 0 Å². The molecule has 3 heterocycles. The van der Waals surface area contributed by atoms with Crippen LogP contribution in [0.3, 0.4) is 0 Å². The molecule has 200 valence electrons. The van der Waals surface area contributed by atoms with E-state index in [9.17, 15) is 30.0 Å². The Kier molecular flexibility index (Phi) is 8.55. The molecule has 4 N–H and O–H groups in total. The number of benzene rings is 1. The Morgan fingerprint density at radius 1 is 0.889 bits per heavy atom. The van der Waals surface area contributed by atoms with Crippen molar-refractivity contribution in [3.8, 4) is 0 Å². The van der Waals surface area contributed by atoms with E-state index in [-0.39, 0.29) is 6.61 Å². The second-order valence-corrected chi connectivity index (χ2v) is 8.74. The fourth-order valence-corrected chi connectivity index (χ4v) is 4.29. The maximum absolute atomic E-state index is 11.3. The van der Waals surface area contributed by atoms with Crippen molar-refractivity contribution in [2.75, 3.05) is 13.2 Å². The summed E-state index contributed by atoms with van der Waals surface area (Å²) in [6.45, 7) is 1.83. The molecule has 1 aromatic rings. The highest BCUT2D eigenvalue weighted by atomic mass is 16.8. The summed E-state index contributed by atoms with van der Waals surface area (Å²) >= 11 is 0. The number of aliphatic hydroxyl groups is 4. The number of rotatable bonds is 6. The Labute approximate surface area is 206 Å². The minimum atomic E-state index is -1.72. The van der Waals surface area contributed by atoms with Crippen LogP contribution >= 0.6 is 0 Å². The molecule has 13 heteroatoms. The molecule has 1 aromatic carbocycles. The first-order valence-electron chi connectivity index (χ1n) is 11.5. The Bertz CT molecular complexity index is 895. The third-order valence-corrected chi connectivity index (χ3v) is 6.07. The van der Waals surface area contributed by atoms with E-state index in [0.717, 1.165) is 19.4 Å². The van der Waals surface area contributed by atoms with E-state index in [1.165, 1.54) is 0 Å². The molecule has 0 aliphatic carbocycles. The molecule has 0 spiro atoms. The minimum absolute atomic E-state index is 0.00557. The van der Waals surface area contributed by atoms with Crippen LogP contribution in [0, 0.1) is 0 Å². The van der Waals surface area contributed by atoms with Crippen molar-refractivity contribution in [2.45, 2.75) is 81.5 Å². The molecule has 3 fully saturated rings. The summed E-state index contributed by atoms with van der Waals surface area (Å²) in [5.41, 5.74) is 0.725. The van der Waals surface area contributed by atoms with Crippen LogP contribution in [0.15, 0.2) is 30.3 Å². The fourth-order valence-electron chi connectivity index (χ4n) is 4.29. The molecule has 0 amide bonds. The highest BCUT2D eigenvalue weighted by molar-refractivity contribution is 5.66. The van der Waals surface area contributed by atoms with Crippen LogP contribution in [0.25, 0.3) is 0 Å². The number of carbonyl (C=O) groups excluding carboxylic acids is 2. The SMILES string of the molecule is CC(=O)OCC1OC(OC(C)=O)C(O)C(O)C1OC1OC2COC(c3ccccc3)OC2C(O)C1O. The molecule has 0 radical (unpaired) electrons. The largest absolute Gasteiger partial charge is 0.463 e. The van der Waals surface area contributed by atoms with Gasteiger partial charge in [0.05, 0.1) is 6.61 Å². The van der Waals surface area contributed by atoms with Crippen LogP contribution in [-0.2, 0) is 42.7 Å². The second kappa shape index (κ2) is 11.5. The smallest absolute Gasteiger partial charge is 0.305 e. The molecule has 0 saturated carbocycles. The Balaban J connectivity index is 1.46. The quantitative estimate of drug-likeness (QED) is 0.323. The van der Waals surface area contributed by atoms with E-state index < -0.39 is 86.2 Å². The first-order valence-corrected chi connectivity index (χ1v) is 11.5. The first-order chi connectivity index (χ1) is 17.2. The third kappa shape index (κ3) is 5.85. The maximum Gasteiger partial charge on any atom is 0.305 e. The van der Waals surface area contributed by atoms with E-state index in [4.69, 9.17) is 33.2 Å². The highest BCUT2D eigenvalue weighted by Crippen LogP contribution is 2.36. The molecule has 0 bridgehead atoms. The Hall–Kier alpha value is -2.20. The Morgan fingerprint density at radius 2 is 1.58 bits per heavy atom. The molecule has 3 saturated heterocycles. The van der Waals surface area contributed by atoms with Gasteiger partial charge in [0, 0.05) is 19.4 Å². The van der Waals surface area contributed by atoms with E-state index in [2.05, 4.69) is 0 Å². The lowest BCUT2D eigenvalue weighted by molar-refractivity contribution is -0.384. The van der Waals surface area contributed by atoms with Gasteiger partial charge >= 0.3 is 11.9 Å². The van der Waals surface area contributed by atoms with Gasteiger partial charge in [-0.15, -0.1) is 0 Å². The molecule has 13 nitrogen and oxygen atoms in total. The predicted molar refractivity (Wildman–Crippen MR) is 115 cm³/mol. The van der Waals surface area contributed by atoms with Gasteiger partial charge in [0.25, 0.3) is 0 Å². The number of hydrogen-bond donors (Lipinski definition) is 4. The maximum atomic E-state index is 11.3. The van der Waals surface area contributed by atoms with Gasteiger partial charge in [-0.1, -0.05) is 30.3 Å². The van der Waals surface area contributed by atoms with Gasteiger partial charge in [-0.3, -0.25) is 9.59 Å². The third-order valence-electron chi connectivity index (χ3n) is 6.07. The highest BCUT2D eigenvalue weighted by Gasteiger charge is 2.53. The second-order valence-electron chi connectivity index (χ2n) is 8.74. The molecular formula is C23H30O13. The van der Waals surface area contributed by atoms with Crippen molar-refractivity contribution in [1.29, 1.82) is 0 Å². The number of hydrogen-bond acceptors (Lipinski definition) is 13. The first kappa shape index (κ1) is 26.9. The van der Waals surface area contributed by atoms with E-state index in [0.29, 0.717) is 0 Å². The minimum Gasteiger partial charge on any atom is -0.463 e.